The molecular weight excluding hydrogens is 242 g/mol. The molecule has 1 fully saturated rings. The minimum absolute atomic E-state index is 0.127. The number of nitrogens with zero attached hydrogens (tertiary/aromatic N) is 2. The molecule has 0 unspecified atom stereocenters. The number of nitrogens with one attached hydrogen (secondary N) is 1. The van der Waals surface area contributed by atoms with Crippen molar-refractivity contribution in [2.75, 3.05) is 11.9 Å². The first-order valence-electron chi connectivity index (χ1n) is 6.59. The van der Waals surface area contributed by atoms with Gasteiger partial charge in [0.05, 0.1) is 24.6 Å². The normalized spacial score (nSPS) is 14.6. The molecule has 2 heterocycles. The lowest BCUT2D eigenvalue weighted by atomic mass is 10.2. The first kappa shape index (κ1) is 12.2. The summed E-state index contributed by atoms with van der Waals surface area (Å²) in [6.45, 7) is 0.739. The third-order valence-corrected chi connectivity index (χ3v) is 3.16. The summed E-state index contributed by atoms with van der Waals surface area (Å²) in [4.78, 5) is 8.53. The van der Waals surface area contributed by atoms with Crippen molar-refractivity contribution in [3.8, 4) is 0 Å². The summed E-state index contributed by atoms with van der Waals surface area (Å²) in [6, 6.07) is 3.87. The van der Waals surface area contributed by atoms with Crippen LogP contribution >= 0.6 is 0 Å². The second-order valence-corrected chi connectivity index (χ2v) is 4.80. The number of hydrogen-bond acceptors (Lipinski definition) is 5. The van der Waals surface area contributed by atoms with Gasteiger partial charge in [-0.3, -0.25) is 4.98 Å². The monoisotopic (exact) mass is 259 g/mol. The highest BCUT2D eigenvalue weighted by Crippen LogP contribution is 2.39. The van der Waals surface area contributed by atoms with Gasteiger partial charge >= 0.3 is 0 Å². The van der Waals surface area contributed by atoms with Crippen LogP contribution in [0, 0.1) is 0 Å². The van der Waals surface area contributed by atoms with Crippen LogP contribution < -0.4 is 5.32 Å². The topological polar surface area (TPSA) is 71.2 Å². The van der Waals surface area contributed by atoms with E-state index in [4.69, 9.17) is 9.52 Å². The van der Waals surface area contributed by atoms with Gasteiger partial charge in [0.25, 0.3) is 0 Å². The van der Waals surface area contributed by atoms with Crippen molar-refractivity contribution in [1.82, 2.24) is 9.97 Å². The molecule has 0 amide bonds. The van der Waals surface area contributed by atoms with Crippen LogP contribution in [0.15, 0.2) is 28.9 Å². The standard InChI is InChI=1S/C14H17N3O2/c18-6-5-11-3-4-12(7-15-11)16-8-13-9-17-14(19-13)10-1-2-10/h3-4,7,9-10,16,18H,1-2,5-6,8H2. The molecule has 5 heteroatoms. The highest BCUT2D eigenvalue weighted by molar-refractivity contribution is 5.41. The number of anilines is 1. The Morgan fingerprint density at radius 1 is 1.26 bits per heavy atom. The summed E-state index contributed by atoms with van der Waals surface area (Å²) in [5, 5.41) is 12.1. The Balaban J connectivity index is 1.55. The van der Waals surface area contributed by atoms with Gasteiger partial charge in [0.15, 0.2) is 5.89 Å². The zero-order chi connectivity index (χ0) is 13.1. The molecule has 19 heavy (non-hydrogen) atoms. The maximum absolute atomic E-state index is 8.82. The number of pyridine rings is 1. The van der Waals surface area contributed by atoms with E-state index < -0.39 is 0 Å². The van der Waals surface area contributed by atoms with Crippen LogP contribution in [-0.2, 0) is 13.0 Å². The van der Waals surface area contributed by atoms with Gasteiger partial charge in [-0.05, 0) is 25.0 Å². The highest BCUT2D eigenvalue weighted by Gasteiger charge is 2.28. The van der Waals surface area contributed by atoms with E-state index in [1.807, 2.05) is 12.1 Å². The van der Waals surface area contributed by atoms with Crippen LogP contribution in [0.4, 0.5) is 5.69 Å². The Hall–Kier alpha value is -1.88. The summed E-state index contributed by atoms with van der Waals surface area (Å²) in [5.41, 5.74) is 1.83. The van der Waals surface area contributed by atoms with Crippen LogP contribution in [0.25, 0.3) is 0 Å². The zero-order valence-electron chi connectivity index (χ0n) is 10.7. The summed E-state index contributed by atoms with van der Waals surface area (Å²) in [6.07, 6.45) is 6.54. The van der Waals surface area contributed by atoms with Crippen LogP contribution in [-0.4, -0.2) is 21.7 Å². The lowest BCUT2D eigenvalue weighted by Gasteiger charge is -2.04. The molecule has 0 saturated heterocycles. The SMILES string of the molecule is OCCc1ccc(NCc2cnc(C3CC3)o2)cn1. The van der Waals surface area contributed by atoms with Crippen molar-refractivity contribution in [3.63, 3.8) is 0 Å². The van der Waals surface area contributed by atoms with Crippen LogP contribution in [0.2, 0.25) is 0 Å². The van der Waals surface area contributed by atoms with Crippen molar-refractivity contribution in [3.05, 3.63) is 41.9 Å². The van der Waals surface area contributed by atoms with Crippen LogP contribution in [0.1, 0.15) is 36.1 Å². The van der Waals surface area contributed by atoms with E-state index in [0.29, 0.717) is 18.9 Å². The lowest BCUT2D eigenvalue weighted by Crippen LogP contribution is -2.00. The largest absolute Gasteiger partial charge is 0.444 e. The summed E-state index contributed by atoms with van der Waals surface area (Å²) < 4.78 is 5.66. The quantitative estimate of drug-likeness (QED) is 0.831. The summed E-state index contributed by atoms with van der Waals surface area (Å²) >= 11 is 0. The number of rotatable bonds is 6. The van der Waals surface area contributed by atoms with Crippen LogP contribution in [0.3, 0.4) is 0 Å². The molecule has 5 nitrogen and oxygen atoms in total. The van der Waals surface area contributed by atoms with Gasteiger partial charge in [-0.2, -0.15) is 0 Å². The van der Waals surface area contributed by atoms with Gasteiger partial charge in [-0.15, -0.1) is 0 Å². The molecule has 100 valence electrons. The molecule has 0 aliphatic heterocycles. The van der Waals surface area contributed by atoms with E-state index in [-0.39, 0.29) is 6.61 Å². The fourth-order valence-electron chi connectivity index (χ4n) is 1.90. The molecule has 1 saturated carbocycles. The van der Waals surface area contributed by atoms with Gasteiger partial charge in [0, 0.05) is 24.6 Å². The number of aliphatic hydroxyl groups is 1. The second kappa shape index (κ2) is 5.40. The summed E-state index contributed by atoms with van der Waals surface area (Å²) in [5.74, 6) is 2.27. The smallest absolute Gasteiger partial charge is 0.197 e. The van der Waals surface area contributed by atoms with Crippen molar-refractivity contribution in [1.29, 1.82) is 0 Å². The van der Waals surface area contributed by atoms with Crippen molar-refractivity contribution >= 4 is 5.69 Å². The number of aromatic nitrogens is 2. The minimum atomic E-state index is 0.127. The molecule has 2 aromatic rings. The Morgan fingerprint density at radius 2 is 2.16 bits per heavy atom. The van der Waals surface area contributed by atoms with E-state index in [9.17, 15) is 0 Å². The molecule has 0 spiro atoms. The average Bonchev–Trinajstić information content (AvgIpc) is 3.18. The Labute approximate surface area is 111 Å². The lowest BCUT2D eigenvalue weighted by molar-refractivity contribution is 0.298. The highest BCUT2D eigenvalue weighted by atomic mass is 16.4. The maximum Gasteiger partial charge on any atom is 0.197 e. The van der Waals surface area contributed by atoms with Crippen LogP contribution in [0.5, 0.6) is 0 Å². The molecule has 1 aliphatic rings. The van der Waals surface area contributed by atoms with E-state index >= 15 is 0 Å². The van der Waals surface area contributed by atoms with Gasteiger partial charge in [0.2, 0.25) is 0 Å². The van der Waals surface area contributed by atoms with E-state index in [1.54, 1.807) is 12.4 Å². The minimum Gasteiger partial charge on any atom is -0.444 e. The molecule has 2 N–H and O–H groups in total. The van der Waals surface area contributed by atoms with Gasteiger partial charge in [-0.1, -0.05) is 0 Å². The van der Waals surface area contributed by atoms with Crippen molar-refractivity contribution in [2.24, 2.45) is 0 Å². The molecule has 0 bridgehead atoms. The molecule has 3 rings (SSSR count). The molecular formula is C14H17N3O2. The Morgan fingerprint density at radius 3 is 2.84 bits per heavy atom. The molecule has 0 aromatic carbocycles. The van der Waals surface area contributed by atoms with Crippen molar-refractivity contribution < 1.29 is 9.52 Å². The van der Waals surface area contributed by atoms with Gasteiger partial charge in [-0.25, -0.2) is 4.98 Å². The molecule has 2 aromatic heterocycles. The Bertz CT molecular complexity index is 532. The maximum atomic E-state index is 8.82. The molecule has 0 atom stereocenters. The number of hydrogen-bond donors (Lipinski definition) is 2. The molecule has 1 aliphatic carbocycles. The van der Waals surface area contributed by atoms with Gasteiger partial charge in [0.1, 0.15) is 5.76 Å². The number of oxazole rings is 1. The average molecular weight is 259 g/mol. The summed E-state index contributed by atoms with van der Waals surface area (Å²) in [7, 11) is 0. The van der Waals surface area contributed by atoms with Gasteiger partial charge < -0.3 is 14.8 Å². The van der Waals surface area contributed by atoms with Crippen molar-refractivity contribution in [2.45, 2.75) is 31.7 Å². The fraction of sp³-hybridized carbons (Fsp3) is 0.429. The van der Waals surface area contributed by atoms with E-state index in [2.05, 4.69) is 15.3 Å². The predicted octanol–water partition coefficient (Wildman–Crippen LogP) is 2.09. The second-order valence-electron chi connectivity index (χ2n) is 4.80. The predicted molar refractivity (Wildman–Crippen MR) is 70.8 cm³/mol. The fourth-order valence-corrected chi connectivity index (χ4v) is 1.90. The third kappa shape index (κ3) is 3.12. The third-order valence-electron chi connectivity index (χ3n) is 3.16. The Kier molecular flexibility index (Phi) is 3.46. The van der Waals surface area contributed by atoms with E-state index in [1.165, 1.54) is 12.8 Å². The number of aliphatic hydroxyl groups excluding tert-OH is 1. The van der Waals surface area contributed by atoms with E-state index in [0.717, 1.165) is 23.0 Å². The first-order chi connectivity index (χ1) is 9.35. The molecule has 0 radical (unpaired) electrons. The zero-order valence-corrected chi connectivity index (χ0v) is 10.7. The first-order valence-corrected chi connectivity index (χ1v) is 6.59.